The molecule has 1 N–H and O–H groups in total. The Labute approximate surface area is 125 Å². The van der Waals surface area contributed by atoms with Gasteiger partial charge in [-0.3, -0.25) is 9.58 Å². The van der Waals surface area contributed by atoms with Gasteiger partial charge in [0.1, 0.15) is 5.52 Å². The monoisotopic (exact) mass is 295 g/mol. The van der Waals surface area contributed by atoms with Crippen molar-refractivity contribution in [1.82, 2.24) is 24.2 Å². The third-order valence-electron chi connectivity index (χ3n) is 3.83. The fraction of sp³-hybridized carbons (Fsp3) is 0.714. The molecule has 0 radical (unpaired) electrons. The molecule has 0 spiro atoms. The average molecular weight is 295 g/mol. The van der Waals surface area contributed by atoms with Crippen LogP contribution in [0.4, 0.5) is 0 Å². The third kappa shape index (κ3) is 2.67. The van der Waals surface area contributed by atoms with Gasteiger partial charge < -0.3 is 9.55 Å². The van der Waals surface area contributed by atoms with E-state index >= 15 is 0 Å². The Balaban J connectivity index is 2.30. The largest absolute Gasteiger partial charge is 0.328 e. The lowest BCUT2D eigenvalue weighted by atomic mass is 10.2. The summed E-state index contributed by atoms with van der Waals surface area (Å²) in [5.41, 5.74) is 3.13. The van der Waals surface area contributed by atoms with E-state index in [9.17, 15) is 0 Å². The van der Waals surface area contributed by atoms with Crippen LogP contribution < -0.4 is 0 Å². The molecule has 0 unspecified atom stereocenters. The van der Waals surface area contributed by atoms with Gasteiger partial charge in [0.05, 0.1) is 5.69 Å². The Kier molecular flexibility index (Phi) is 4.34. The van der Waals surface area contributed by atoms with Crippen LogP contribution in [0.25, 0.3) is 11.2 Å². The van der Waals surface area contributed by atoms with Crippen LogP contribution in [0.1, 0.15) is 33.4 Å². The number of fused-ring (bicyclic) bond motifs is 1. The smallest absolute Gasteiger partial charge is 0.179 e. The maximum Gasteiger partial charge on any atom is 0.179 e. The highest BCUT2D eigenvalue weighted by atomic mass is 32.1. The Morgan fingerprint density at radius 2 is 1.85 bits per heavy atom. The molecule has 0 saturated carbocycles. The summed E-state index contributed by atoms with van der Waals surface area (Å²) in [7, 11) is 1.97. The number of nitrogens with one attached hydrogen (secondary N) is 1. The molecular formula is C14H25N5S. The van der Waals surface area contributed by atoms with Crippen LogP contribution in [0.3, 0.4) is 0 Å². The van der Waals surface area contributed by atoms with Gasteiger partial charge in [0, 0.05) is 32.2 Å². The van der Waals surface area contributed by atoms with E-state index < -0.39 is 0 Å². The van der Waals surface area contributed by atoms with Gasteiger partial charge >= 0.3 is 0 Å². The second-order valence-electron chi connectivity index (χ2n) is 5.91. The SMILES string of the molecule is Cc1nn(C)c2c1[nH]c(=S)n2CCN(C(C)C)C(C)C. The topological polar surface area (TPSA) is 41.8 Å². The van der Waals surface area contributed by atoms with Crippen LogP contribution in [-0.4, -0.2) is 42.9 Å². The first kappa shape index (κ1) is 15.3. The van der Waals surface area contributed by atoms with Gasteiger partial charge in [-0.05, 0) is 46.8 Å². The van der Waals surface area contributed by atoms with E-state index in [1.807, 2.05) is 18.7 Å². The summed E-state index contributed by atoms with van der Waals surface area (Å²) in [6.07, 6.45) is 0. The summed E-state index contributed by atoms with van der Waals surface area (Å²) >= 11 is 5.46. The Morgan fingerprint density at radius 3 is 2.40 bits per heavy atom. The summed E-state index contributed by atoms with van der Waals surface area (Å²) in [5, 5.41) is 4.45. The molecule has 0 aromatic carbocycles. The number of hydrogen-bond acceptors (Lipinski definition) is 3. The fourth-order valence-electron chi connectivity index (χ4n) is 2.91. The van der Waals surface area contributed by atoms with Gasteiger partial charge in [-0.2, -0.15) is 5.10 Å². The van der Waals surface area contributed by atoms with E-state index in [4.69, 9.17) is 12.2 Å². The Morgan fingerprint density at radius 1 is 1.25 bits per heavy atom. The van der Waals surface area contributed by atoms with E-state index in [1.165, 1.54) is 0 Å². The molecule has 0 atom stereocenters. The lowest BCUT2D eigenvalue weighted by Gasteiger charge is -2.30. The highest BCUT2D eigenvalue weighted by molar-refractivity contribution is 7.71. The highest BCUT2D eigenvalue weighted by Gasteiger charge is 2.16. The maximum atomic E-state index is 5.46. The van der Waals surface area contributed by atoms with Gasteiger partial charge in [-0.15, -0.1) is 0 Å². The zero-order chi connectivity index (χ0) is 15.0. The molecule has 6 heteroatoms. The number of rotatable bonds is 5. The molecular weight excluding hydrogens is 270 g/mol. The second-order valence-corrected chi connectivity index (χ2v) is 6.30. The zero-order valence-corrected chi connectivity index (χ0v) is 14.1. The van der Waals surface area contributed by atoms with Crippen LogP contribution in [0, 0.1) is 11.7 Å². The number of aryl methyl sites for hydroxylation is 2. The molecule has 0 aliphatic carbocycles. The summed E-state index contributed by atoms with van der Waals surface area (Å²) in [6, 6.07) is 1.07. The lowest BCUT2D eigenvalue weighted by molar-refractivity contribution is 0.168. The minimum atomic E-state index is 0.534. The first-order valence-corrected chi connectivity index (χ1v) is 7.61. The predicted octanol–water partition coefficient (Wildman–Crippen LogP) is 2.86. The fourth-order valence-corrected chi connectivity index (χ4v) is 3.19. The quantitative estimate of drug-likeness (QED) is 0.863. The molecule has 0 bridgehead atoms. The van der Waals surface area contributed by atoms with E-state index in [0.29, 0.717) is 12.1 Å². The minimum absolute atomic E-state index is 0.534. The molecule has 2 aromatic heterocycles. The molecule has 0 aliphatic rings. The van der Waals surface area contributed by atoms with Crippen molar-refractivity contribution in [1.29, 1.82) is 0 Å². The van der Waals surface area contributed by atoms with Crippen molar-refractivity contribution in [2.45, 2.75) is 53.2 Å². The lowest BCUT2D eigenvalue weighted by Crippen LogP contribution is -2.39. The molecule has 20 heavy (non-hydrogen) atoms. The van der Waals surface area contributed by atoms with Crippen molar-refractivity contribution in [3.63, 3.8) is 0 Å². The van der Waals surface area contributed by atoms with E-state index in [1.54, 1.807) is 0 Å². The molecule has 112 valence electrons. The maximum absolute atomic E-state index is 5.46. The number of aromatic nitrogens is 4. The first-order chi connectivity index (χ1) is 9.32. The minimum Gasteiger partial charge on any atom is -0.328 e. The summed E-state index contributed by atoms with van der Waals surface area (Å²) in [5.74, 6) is 0. The van der Waals surface area contributed by atoms with Crippen molar-refractivity contribution in [3.8, 4) is 0 Å². The predicted molar refractivity (Wildman–Crippen MR) is 85.6 cm³/mol. The molecule has 0 saturated heterocycles. The highest BCUT2D eigenvalue weighted by Crippen LogP contribution is 2.17. The van der Waals surface area contributed by atoms with E-state index in [-0.39, 0.29) is 0 Å². The molecule has 2 rings (SSSR count). The molecule has 0 fully saturated rings. The Bertz CT molecular complexity index is 638. The molecule has 2 aromatic rings. The zero-order valence-electron chi connectivity index (χ0n) is 13.3. The van der Waals surface area contributed by atoms with E-state index in [0.717, 1.165) is 34.7 Å². The van der Waals surface area contributed by atoms with Gasteiger partial charge in [-0.1, -0.05) is 0 Å². The summed E-state index contributed by atoms with van der Waals surface area (Å²) < 4.78 is 4.85. The molecule has 0 aliphatic heterocycles. The van der Waals surface area contributed by atoms with Gasteiger partial charge in [0.25, 0.3) is 0 Å². The van der Waals surface area contributed by atoms with Gasteiger partial charge in [0.2, 0.25) is 0 Å². The van der Waals surface area contributed by atoms with Crippen molar-refractivity contribution in [3.05, 3.63) is 10.5 Å². The molecule has 2 heterocycles. The van der Waals surface area contributed by atoms with Crippen LogP contribution >= 0.6 is 12.2 Å². The Hall–Kier alpha value is -1.14. The third-order valence-corrected chi connectivity index (χ3v) is 4.16. The summed E-state index contributed by atoms with van der Waals surface area (Å²) in [6.45, 7) is 12.8. The van der Waals surface area contributed by atoms with Crippen molar-refractivity contribution in [2.75, 3.05) is 6.54 Å². The second kappa shape index (κ2) is 5.69. The number of imidazole rings is 1. The van der Waals surface area contributed by atoms with Crippen LogP contribution in [-0.2, 0) is 13.6 Å². The average Bonchev–Trinajstić information content (AvgIpc) is 2.78. The van der Waals surface area contributed by atoms with E-state index in [2.05, 4.69) is 47.2 Å². The molecule has 5 nitrogen and oxygen atoms in total. The molecule has 0 amide bonds. The van der Waals surface area contributed by atoms with Gasteiger partial charge in [0.15, 0.2) is 10.4 Å². The van der Waals surface area contributed by atoms with Crippen LogP contribution in [0.15, 0.2) is 0 Å². The number of nitrogens with zero attached hydrogens (tertiary/aromatic N) is 4. The van der Waals surface area contributed by atoms with Crippen LogP contribution in [0.5, 0.6) is 0 Å². The number of H-pyrrole nitrogens is 1. The summed E-state index contributed by atoms with van der Waals surface area (Å²) in [4.78, 5) is 5.75. The normalized spacial score (nSPS) is 12.4. The number of hydrogen-bond donors (Lipinski definition) is 1. The van der Waals surface area contributed by atoms with Crippen molar-refractivity contribution < 1.29 is 0 Å². The van der Waals surface area contributed by atoms with Crippen LogP contribution in [0.2, 0.25) is 0 Å². The standard InChI is InChI=1S/C14H25N5S/c1-9(2)18(10(3)4)7-8-19-13-12(15-14(19)20)11(5)16-17(13)6/h9-10H,7-8H2,1-6H3,(H,15,20). The number of aromatic amines is 1. The van der Waals surface area contributed by atoms with Crippen molar-refractivity contribution >= 4 is 23.4 Å². The first-order valence-electron chi connectivity index (χ1n) is 7.20. The van der Waals surface area contributed by atoms with Crippen molar-refractivity contribution in [2.24, 2.45) is 7.05 Å². The van der Waals surface area contributed by atoms with Gasteiger partial charge in [-0.25, -0.2) is 0 Å².